The van der Waals surface area contributed by atoms with Crippen molar-refractivity contribution in [2.45, 2.75) is 31.6 Å². The van der Waals surface area contributed by atoms with E-state index in [1.165, 1.54) is 0 Å². The highest BCUT2D eigenvalue weighted by Gasteiger charge is 2.40. The Morgan fingerprint density at radius 2 is 1.23 bits per heavy atom. The average molecular weight is 345 g/mol. The van der Waals surface area contributed by atoms with E-state index in [9.17, 15) is 0 Å². The molecule has 0 bridgehead atoms. The molecule has 3 aromatic carbocycles. The molecule has 1 saturated carbocycles. The summed E-state index contributed by atoms with van der Waals surface area (Å²) in [5, 5.41) is 0. The zero-order chi connectivity index (χ0) is 17.8. The number of rotatable bonds is 7. The van der Waals surface area contributed by atoms with Crippen molar-refractivity contribution in [1.29, 1.82) is 0 Å². The Morgan fingerprint density at radius 3 is 1.77 bits per heavy atom. The van der Waals surface area contributed by atoms with Gasteiger partial charge in [-0.15, -0.1) is 0 Å². The number of benzene rings is 3. The summed E-state index contributed by atoms with van der Waals surface area (Å²) in [4.78, 5) is 0. The quantitative estimate of drug-likeness (QED) is 0.669. The molecule has 1 aliphatic rings. The second-order valence-corrected chi connectivity index (χ2v) is 6.87. The van der Waals surface area contributed by atoms with Crippen LogP contribution in [0.5, 0.6) is 11.5 Å². The first-order chi connectivity index (χ1) is 12.7. The maximum absolute atomic E-state index is 6.36. The van der Waals surface area contributed by atoms with Crippen molar-refractivity contribution in [3.8, 4) is 11.5 Å². The van der Waals surface area contributed by atoms with Gasteiger partial charge in [-0.2, -0.15) is 0 Å². The van der Waals surface area contributed by atoms with Crippen molar-refractivity contribution in [3.05, 3.63) is 95.6 Å². The topological polar surface area (TPSA) is 44.5 Å². The molecule has 0 aromatic heterocycles. The van der Waals surface area contributed by atoms with Crippen LogP contribution >= 0.6 is 0 Å². The summed E-state index contributed by atoms with van der Waals surface area (Å²) in [5.41, 5.74) is 9.54. The maximum atomic E-state index is 6.36. The van der Waals surface area contributed by atoms with Crippen LogP contribution in [0.3, 0.4) is 0 Å². The molecule has 2 N–H and O–H groups in total. The third-order valence-corrected chi connectivity index (χ3v) is 4.78. The van der Waals surface area contributed by atoms with Crippen LogP contribution in [0.1, 0.15) is 29.5 Å². The lowest BCUT2D eigenvalue weighted by Crippen LogP contribution is -2.18. The van der Waals surface area contributed by atoms with Crippen LogP contribution in [0.2, 0.25) is 0 Å². The smallest absolute Gasteiger partial charge is 0.162 e. The first kappa shape index (κ1) is 16.7. The van der Waals surface area contributed by atoms with E-state index < -0.39 is 0 Å². The number of hydrogen-bond acceptors (Lipinski definition) is 3. The van der Waals surface area contributed by atoms with Gasteiger partial charge in [-0.3, -0.25) is 0 Å². The zero-order valence-corrected chi connectivity index (χ0v) is 14.7. The second kappa shape index (κ2) is 7.22. The predicted molar refractivity (Wildman–Crippen MR) is 103 cm³/mol. The van der Waals surface area contributed by atoms with Crippen LogP contribution in [-0.4, -0.2) is 0 Å². The van der Waals surface area contributed by atoms with Crippen molar-refractivity contribution < 1.29 is 9.47 Å². The van der Waals surface area contributed by atoms with E-state index in [1.54, 1.807) is 0 Å². The minimum Gasteiger partial charge on any atom is -0.485 e. The fourth-order valence-electron chi connectivity index (χ4n) is 2.94. The van der Waals surface area contributed by atoms with Gasteiger partial charge in [0.2, 0.25) is 0 Å². The summed E-state index contributed by atoms with van der Waals surface area (Å²) < 4.78 is 12.1. The number of hydrogen-bond donors (Lipinski definition) is 1. The maximum Gasteiger partial charge on any atom is 0.162 e. The molecule has 132 valence electrons. The summed E-state index contributed by atoms with van der Waals surface area (Å²) >= 11 is 0. The van der Waals surface area contributed by atoms with Crippen LogP contribution in [0.25, 0.3) is 0 Å². The molecular weight excluding hydrogens is 322 g/mol. The summed E-state index contributed by atoms with van der Waals surface area (Å²) in [6, 6.07) is 26.4. The molecular formula is C23H23NO2. The van der Waals surface area contributed by atoms with Gasteiger partial charge < -0.3 is 15.2 Å². The molecule has 26 heavy (non-hydrogen) atoms. The lowest BCUT2D eigenvalue weighted by Gasteiger charge is -2.17. The molecule has 0 amide bonds. The van der Waals surface area contributed by atoms with Gasteiger partial charge in [-0.1, -0.05) is 66.7 Å². The summed E-state index contributed by atoms with van der Waals surface area (Å²) in [5.74, 6) is 1.50. The van der Waals surface area contributed by atoms with E-state index >= 15 is 0 Å². The van der Waals surface area contributed by atoms with Gasteiger partial charge in [0.1, 0.15) is 13.2 Å². The molecule has 3 aromatic rings. The lowest BCUT2D eigenvalue weighted by molar-refractivity contribution is 0.255. The lowest BCUT2D eigenvalue weighted by atomic mass is 10.1. The third kappa shape index (κ3) is 3.89. The molecule has 0 saturated heterocycles. The van der Waals surface area contributed by atoms with Gasteiger partial charge in [-0.25, -0.2) is 0 Å². The summed E-state index contributed by atoms with van der Waals surface area (Å²) in [6.07, 6.45) is 2.05. The van der Waals surface area contributed by atoms with Crippen molar-refractivity contribution in [1.82, 2.24) is 0 Å². The van der Waals surface area contributed by atoms with Crippen molar-refractivity contribution >= 4 is 0 Å². The van der Waals surface area contributed by atoms with Gasteiger partial charge in [0.05, 0.1) is 0 Å². The molecule has 1 fully saturated rings. The summed E-state index contributed by atoms with van der Waals surface area (Å²) in [6.45, 7) is 1.01. The minimum absolute atomic E-state index is 0.192. The highest BCUT2D eigenvalue weighted by atomic mass is 16.5. The first-order valence-corrected chi connectivity index (χ1v) is 9.00. The molecule has 0 heterocycles. The Balaban J connectivity index is 1.53. The van der Waals surface area contributed by atoms with Gasteiger partial charge in [0.15, 0.2) is 11.5 Å². The van der Waals surface area contributed by atoms with Crippen LogP contribution < -0.4 is 15.2 Å². The normalized spacial score (nSPS) is 14.7. The average Bonchev–Trinajstić information content (AvgIpc) is 3.45. The van der Waals surface area contributed by atoms with E-state index in [1.807, 2.05) is 48.5 Å². The Morgan fingerprint density at radius 1 is 0.692 bits per heavy atom. The van der Waals surface area contributed by atoms with Gasteiger partial charge in [0.25, 0.3) is 0 Å². The van der Waals surface area contributed by atoms with Crippen LogP contribution in [0.4, 0.5) is 0 Å². The molecule has 3 nitrogen and oxygen atoms in total. The Kier molecular flexibility index (Phi) is 4.63. The molecule has 4 rings (SSSR count). The van der Waals surface area contributed by atoms with E-state index in [4.69, 9.17) is 15.2 Å². The monoisotopic (exact) mass is 345 g/mol. The van der Waals surface area contributed by atoms with Crippen molar-refractivity contribution in [3.63, 3.8) is 0 Å². The molecule has 3 heteroatoms. The van der Waals surface area contributed by atoms with E-state index in [0.29, 0.717) is 13.2 Å². The van der Waals surface area contributed by atoms with Crippen LogP contribution in [0.15, 0.2) is 78.9 Å². The van der Waals surface area contributed by atoms with E-state index in [-0.39, 0.29) is 5.54 Å². The molecule has 0 unspecified atom stereocenters. The van der Waals surface area contributed by atoms with Gasteiger partial charge >= 0.3 is 0 Å². The fraction of sp³-hybridized carbons (Fsp3) is 0.217. The Hall–Kier alpha value is -2.78. The molecule has 0 radical (unpaired) electrons. The Labute approximate surface area is 154 Å². The highest BCUT2D eigenvalue weighted by molar-refractivity contribution is 5.46. The number of nitrogens with two attached hydrogens (primary N) is 1. The Bertz CT molecular complexity index is 858. The van der Waals surface area contributed by atoms with Crippen molar-refractivity contribution in [2.75, 3.05) is 0 Å². The van der Waals surface area contributed by atoms with E-state index in [0.717, 1.165) is 41.0 Å². The standard InChI is InChI=1S/C23H23NO2/c24-23(13-14-23)20-11-12-21(25-16-18-7-3-1-4-8-18)22(15-20)26-17-19-9-5-2-6-10-19/h1-12,15H,13-14,16-17,24H2. The highest BCUT2D eigenvalue weighted by Crippen LogP contribution is 2.45. The van der Waals surface area contributed by atoms with Gasteiger partial charge in [0, 0.05) is 5.54 Å². The second-order valence-electron chi connectivity index (χ2n) is 6.87. The van der Waals surface area contributed by atoms with Crippen LogP contribution in [-0.2, 0) is 18.8 Å². The third-order valence-electron chi connectivity index (χ3n) is 4.78. The minimum atomic E-state index is -0.192. The van der Waals surface area contributed by atoms with E-state index in [2.05, 4.69) is 30.3 Å². The SMILES string of the molecule is NC1(c2ccc(OCc3ccccc3)c(OCc3ccccc3)c2)CC1. The van der Waals surface area contributed by atoms with Gasteiger partial charge in [-0.05, 0) is 41.7 Å². The molecule has 0 spiro atoms. The zero-order valence-electron chi connectivity index (χ0n) is 14.7. The molecule has 1 aliphatic carbocycles. The van der Waals surface area contributed by atoms with Crippen LogP contribution in [0, 0.1) is 0 Å². The molecule has 0 atom stereocenters. The first-order valence-electron chi connectivity index (χ1n) is 9.00. The number of ether oxygens (including phenoxy) is 2. The predicted octanol–water partition coefficient (Wildman–Crippen LogP) is 4.79. The van der Waals surface area contributed by atoms with Crippen molar-refractivity contribution in [2.24, 2.45) is 5.73 Å². The largest absolute Gasteiger partial charge is 0.485 e. The summed E-state index contributed by atoms with van der Waals surface area (Å²) in [7, 11) is 0. The molecule has 0 aliphatic heterocycles. The fourth-order valence-corrected chi connectivity index (χ4v) is 2.94.